The average molecular weight is 687 g/mol. The van der Waals surface area contributed by atoms with Crippen molar-refractivity contribution in [3.05, 3.63) is 59.0 Å². The zero-order valence-corrected chi connectivity index (χ0v) is 28.4. The number of ether oxygens (including phenoxy) is 4. The Hall–Kier alpha value is -4.09. The zero-order valence-electron chi connectivity index (χ0n) is 28.4. The number of allylic oxidation sites excluding steroid dienone is 4. The maximum atomic E-state index is 13.2. The van der Waals surface area contributed by atoms with Gasteiger partial charge in [0.2, 0.25) is 6.29 Å². The number of aryl methyl sites for hydroxylation is 1. The van der Waals surface area contributed by atoms with E-state index in [1.54, 1.807) is 4.68 Å². The summed E-state index contributed by atoms with van der Waals surface area (Å²) >= 11 is 0. The SMILES string of the molecule is BC(=O)COc1ccc(O[C@@H]2O[C@H](C(=O)O)[C@@H](O)[C@H](O)[C@H]2O)c(C(=O)NCCCOCc2cn(CCC/C(C)=C/CC/C(C)=C/C)nn2)c1. The van der Waals surface area contributed by atoms with E-state index in [0.717, 1.165) is 32.2 Å². The first-order valence-corrected chi connectivity index (χ1v) is 16.3. The minimum Gasteiger partial charge on any atom is -0.487 e. The summed E-state index contributed by atoms with van der Waals surface area (Å²) in [4.78, 5) is 36.0. The molecule has 2 heterocycles. The molecule has 5 atom stereocenters. The Morgan fingerprint density at radius 1 is 1.08 bits per heavy atom. The second-order valence-corrected chi connectivity index (χ2v) is 12.0. The number of hydrogen-bond acceptors (Lipinski definition) is 12. The van der Waals surface area contributed by atoms with E-state index in [2.05, 4.69) is 48.6 Å². The number of carboxylic acid groups (broad SMARTS) is 1. The quantitative estimate of drug-likeness (QED) is 0.0745. The number of carbonyl (C=O) groups is 3. The summed E-state index contributed by atoms with van der Waals surface area (Å²) in [5.41, 5.74) is 3.13. The van der Waals surface area contributed by atoms with Crippen LogP contribution in [0.25, 0.3) is 0 Å². The number of hydrogen-bond donors (Lipinski definition) is 5. The molecule has 1 saturated heterocycles. The predicted octanol–water partition coefficient (Wildman–Crippen LogP) is 0.897. The molecule has 0 aliphatic carbocycles. The van der Waals surface area contributed by atoms with Gasteiger partial charge in [0.05, 0.1) is 18.4 Å². The number of aliphatic hydroxyl groups excluding tert-OH is 3. The first kappa shape index (κ1) is 39.4. The number of aliphatic hydroxyl groups is 3. The Morgan fingerprint density at radius 2 is 1.86 bits per heavy atom. The molecule has 1 fully saturated rings. The van der Waals surface area contributed by atoms with E-state index < -0.39 is 42.6 Å². The molecule has 0 bridgehead atoms. The maximum Gasteiger partial charge on any atom is 0.335 e. The van der Waals surface area contributed by atoms with E-state index in [9.17, 15) is 34.8 Å². The molecule has 15 nitrogen and oxygen atoms in total. The lowest BCUT2D eigenvalue weighted by atomic mass is 9.99. The van der Waals surface area contributed by atoms with Crippen LogP contribution in [0.5, 0.6) is 11.5 Å². The molecule has 268 valence electrons. The fourth-order valence-electron chi connectivity index (χ4n) is 4.81. The van der Waals surface area contributed by atoms with Gasteiger partial charge in [0.15, 0.2) is 14.0 Å². The molecule has 1 aliphatic rings. The summed E-state index contributed by atoms with van der Waals surface area (Å²) in [5, 5.41) is 50.8. The van der Waals surface area contributed by atoms with Crippen molar-refractivity contribution in [1.82, 2.24) is 20.3 Å². The van der Waals surface area contributed by atoms with Gasteiger partial charge in [-0.3, -0.25) is 9.48 Å². The van der Waals surface area contributed by atoms with Gasteiger partial charge < -0.3 is 49.5 Å². The summed E-state index contributed by atoms with van der Waals surface area (Å²) in [6, 6.07) is 4.03. The molecule has 1 aliphatic heterocycles. The van der Waals surface area contributed by atoms with Crippen LogP contribution < -0.4 is 14.8 Å². The standard InChI is InChI=1S/C33H47BN4O11/c1-4-20(2)8-5-9-21(3)10-6-14-38-17-22(36-37-38)18-46-15-7-13-35-31(43)24-16-23(47-19-26(34)39)11-12-25(24)48-33-29(42)27(40)28(41)30(49-33)32(44)45/h4,9,11-12,16-17,27-30,33,40-42H,5-8,10,13-15,18-19,34H2,1-3H3,(H,35,43)(H,44,45)/b20-4+,21-9+/t27-,28-,29+,30-,33+/m0/s1. The van der Waals surface area contributed by atoms with Gasteiger partial charge >= 0.3 is 5.97 Å². The number of aliphatic carboxylic acids is 1. The van der Waals surface area contributed by atoms with Crippen molar-refractivity contribution in [2.75, 3.05) is 19.8 Å². The number of carbonyl (C=O) groups excluding carboxylic acids is 2. The van der Waals surface area contributed by atoms with Gasteiger partial charge in [0, 0.05) is 19.7 Å². The Labute approximate surface area is 286 Å². The molecule has 49 heavy (non-hydrogen) atoms. The molecule has 1 aromatic heterocycles. The van der Waals surface area contributed by atoms with Crippen molar-refractivity contribution < 1.29 is 53.8 Å². The van der Waals surface area contributed by atoms with Crippen molar-refractivity contribution in [3.63, 3.8) is 0 Å². The van der Waals surface area contributed by atoms with Crippen molar-refractivity contribution in [2.24, 2.45) is 0 Å². The average Bonchev–Trinajstić information content (AvgIpc) is 3.52. The van der Waals surface area contributed by atoms with E-state index in [4.69, 9.17) is 18.9 Å². The van der Waals surface area contributed by atoms with Gasteiger partial charge in [0.1, 0.15) is 47.8 Å². The van der Waals surface area contributed by atoms with Crippen LogP contribution in [-0.4, -0.2) is 111 Å². The summed E-state index contributed by atoms with van der Waals surface area (Å²) < 4.78 is 23.7. The molecule has 1 aromatic carbocycles. The zero-order chi connectivity index (χ0) is 35.9. The third-order valence-corrected chi connectivity index (χ3v) is 7.76. The van der Waals surface area contributed by atoms with Crippen LogP contribution in [0.2, 0.25) is 0 Å². The Balaban J connectivity index is 1.48. The molecule has 0 unspecified atom stereocenters. The summed E-state index contributed by atoms with van der Waals surface area (Å²) in [6.45, 7) is 7.64. The number of nitrogens with one attached hydrogen (secondary N) is 1. The van der Waals surface area contributed by atoms with Crippen molar-refractivity contribution in [2.45, 2.75) is 96.7 Å². The molecule has 0 saturated carbocycles. The van der Waals surface area contributed by atoms with E-state index in [-0.39, 0.29) is 42.5 Å². The van der Waals surface area contributed by atoms with Crippen molar-refractivity contribution in [3.8, 4) is 11.5 Å². The lowest BCUT2D eigenvalue weighted by molar-refractivity contribution is -0.271. The molecule has 0 radical (unpaired) electrons. The summed E-state index contributed by atoms with van der Waals surface area (Å²) in [5.74, 6) is -2.14. The number of nitrogens with zero attached hydrogens (tertiary/aromatic N) is 3. The second-order valence-electron chi connectivity index (χ2n) is 12.0. The number of aromatic nitrogens is 3. The van der Waals surface area contributed by atoms with E-state index in [1.165, 1.54) is 37.2 Å². The fourth-order valence-corrected chi connectivity index (χ4v) is 4.81. The Bertz CT molecular complexity index is 1460. The highest BCUT2D eigenvalue weighted by atomic mass is 16.7. The molecule has 5 N–H and O–H groups in total. The minimum absolute atomic E-state index is 0.0729. The number of rotatable bonds is 20. The van der Waals surface area contributed by atoms with Gasteiger partial charge in [-0.2, -0.15) is 0 Å². The van der Waals surface area contributed by atoms with Crippen molar-refractivity contribution >= 4 is 25.4 Å². The molecular weight excluding hydrogens is 639 g/mol. The van der Waals surface area contributed by atoms with E-state index in [0.29, 0.717) is 18.7 Å². The number of benzene rings is 1. The van der Waals surface area contributed by atoms with Gasteiger partial charge in [0.25, 0.3) is 5.91 Å². The molecular formula is C33H47BN4O11. The Kier molecular flexibility index (Phi) is 15.9. The lowest BCUT2D eigenvalue weighted by Gasteiger charge is -2.38. The van der Waals surface area contributed by atoms with Gasteiger partial charge in [-0.25, -0.2) is 4.79 Å². The van der Waals surface area contributed by atoms with Crippen molar-refractivity contribution in [1.29, 1.82) is 0 Å². The van der Waals surface area contributed by atoms with Crippen LogP contribution in [0.15, 0.2) is 47.7 Å². The fraction of sp³-hybridized carbons (Fsp3) is 0.545. The van der Waals surface area contributed by atoms with Gasteiger partial charge in [-0.05, 0) is 71.1 Å². The molecule has 1 amide bonds. The monoisotopic (exact) mass is 686 g/mol. The lowest BCUT2D eigenvalue weighted by Crippen LogP contribution is -2.61. The molecule has 2 aromatic rings. The normalized spacial score (nSPS) is 21.3. The maximum absolute atomic E-state index is 13.2. The molecule has 16 heteroatoms. The highest BCUT2D eigenvalue weighted by molar-refractivity contribution is 6.58. The van der Waals surface area contributed by atoms with Crippen LogP contribution in [0.3, 0.4) is 0 Å². The van der Waals surface area contributed by atoms with E-state index in [1.807, 2.05) is 6.20 Å². The largest absolute Gasteiger partial charge is 0.487 e. The highest BCUT2D eigenvalue weighted by Crippen LogP contribution is 2.29. The first-order chi connectivity index (χ1) is 23.4. The van der Waals surface area contributed by atoms with Crippen LogP contribution in [0.4, 0.5) is 0 Å². The van der Waals surface area contributed by atoms with Crippen LogP contribution >= 0.6 is 0 Å². The predicted molar refractivity (Wildman–Crippen MR) is 179 cm³/mol. The number of carboxylic acids is 1. The minimum atomic E-state index is -1.91. The summed E-state index contributed by atoms with van der Waals surface area (Å²) in [7, 11) is 1.34. The van der Waals surface area contributed by atoms with E-state index >= 15 is 0 Å². The van der Waals surface area contributed by atoms with Gasteiger partial charge in [-0.1, -0.05) is 28.5 Å². The van der Waals surface area contributed by atoms with Crippen LogP contribution in [-0.2, 0) is 32.2 Å². The smallest absolute Gasteiger partial charge is 0.335 e. The molecule has 3 rings (SSSR count). The Morgan fingerprint density at radius 3 is 2.57 bits per heavy atom. The third kappa shape index (κ3) is 12.7. The molecule has 0 spiro atoms. The highest BCUT2D eigenvalue weighted by Gasteiger charge is 2.48. The first-order valence-electron chi connectivity index (χ1n) is 16.3. The summed E-state index contributed by atoms with van der Waals surface area (Å²) in [6.07, 6.45) is 1.56. The second kappa shape index (κ2) is 19.8. The van der Waals surface area contributed by atoms with Crippen LogP contribution in [0.1, 0.15) is 68.9 Å². The van der Waals surface area contributed by atoms with Gasteiger partial charge in [-0.15, -0.1) is 5.10 Å². The topological polar surface area (TPSA) is 212 Å². The number of amides is 1. The van der Waals surface area contributed by atoms with Crippen LogP contribution in [0, 0.1) is 0 Å². The third-order valence-electron chi connectivity index (χ3n) is 7.76.